The van der Waals surface area contributed by atoms with Crippen LogP contribution in [0.1, 0.15) is 50.3 Å². The molecule has 3 heteroatoms. The highest BCUT2D eigenvalue weighted by Crippen LogP contribution is 2.24. The Bertz CT molecular complexity index is 656. The van der Waals surface area contributed by atoms with Crippen LogP contribution in [0.3, 0.4) is 0 Å². The van der Waals surface area contributed by atoms with Gasteiger partial charge < -0.3 is 10.0 Å². The second kappa shape index (κ2) is 10.1. The van der Waals surface area contributed by atoms with E-state index in [4.69, 9.17) is 0 Å². The molecule has 0 bridgehead atoms. The topological polar surface area (TPSA) is 40.5 Å². The highest BCUT2D eigenvalue weighted by Gasteiger charge is 2.28. The number of carbonyl (C=O) groups is 1. The van der Waals surface area contributed by atoms with Gasteiger partial charge in [-0.25, -0.2) is 0 Å². The van der Waals surface area contributed by atoms with Crippen molar-refractivity contribution in [3.05, 3.63) is 71.8 Å². The van der Waals surface area contributed by atoms with Crippen LogP contribution < -0.4 is 0 Å². The first-order valence-electron chi connectivity index (χ1n) is 9.58. The van der Waals surface area contributed by atoms with E-state index in [-0.39, 0.29) is 17.9 Å². The molecule has 0 aromatic heterocycles. The summed E-state index contributed by atoms with van der Waals surface area (Å²) in [6.07, 6.45) is 3.05. The monoisotopic (exact) mass is 353 g/mol. The molecule has 1 amide bonds. The minimum atomic E-state index is -0.686. The van der Waals surface area contributed by atoms with E-state index in [9.17, 15) is 9.90 Å². The van der Waals surface area contributed by atoms with Gasteiger partial charge >= 0.3 is 0 Å². The highest BCUT2D eigenvalue weighted by atomic mass is 16.3. The van der Waals surface area contributed by atoms with Crippen LogP contribution >= 0.6 is 0 Å². The van der Waals surface area contributed by atoms with Crippen LogP contribution in [0.5, 0.6) is 0 Å². The maximum Gasteiger partial charge on any atom is 0.226 e. The van der Waals surface area contributed by atoms with Gasteiger partial charge in [0.15, 0.2) is 0 Å². The van der Waals surface area contributed by atoms with Crippen LogP contribution in [0.15, 0.2) is 60.7 Å². The number of amides is 1. The zero-order chi connectivity index (χ0) is 18.9. The summed E-state index contributed by atoms with van der Waals surface area (Å²) in [5.74, 6) is 0.0672. The largest absolute Gasteiger partial charge is 0.386 e. The van der Waals surface area contributed by atoms with Gasteiger partial charge in [-0.3, -0.25) is 4.79 Å². The van der Waals surface area contributed by atoms with Crippen molar-refractivity contribution in [1.82, 2.24) is 4.90 Å². The zero-order valence-corrected chi connectivity index (χ0v) is 16.1. The highest BCUT2D eigenvalue weighted by molar-refractivity contribution is 5.79. The maximum absolute atomic E-state index is 13.1. The van der Waals surface area contributed by atoms with Crippen molar-refractivity contribution in [3.8, 4) is 0 Å². The van der Waals surface area contributed by atoms with Gasteiger partial charge in [0, 0.05) is 13.0 Å². The number of rotatable bonds is 9. The number of likely N-dealkylation sites (N-methyl/N-ethyl adjacent to an activating group) is 1. The fourth-order valence-corrected chi connectivity index (χ4v) is 3.29. The molecule has 0 aliphatic carbocycles. The molecule has 0 aliphatic rings. The lowest BCUT2D eigenvalue weighted by molar-refractivity contribution is -0.138. The first-order valence-corrected chi connectivity index (χ1v) is 9.58. The van der Waals surface area contributed by atoms with Crippen molar-refractivity contribution < 1.29 is 9.90 Å². The lowest BCUT2D eigenvalue weighted by Crippen LogP contribution is -2.42. The van der Waals surface area contributed by atoms with Gasteiger partial charge in [0.1, 0.15) is 0 Å². The van der Waals surface area contributed by atoms with Gasteiger partial charge in [-0.2, -0.15) is 0 Å². The van der Waals surface area contributed by atoms with Crippen LogP contribution in [-0.2, 0) is 11.2 Å². The van der Waals surface area contributed by atoms with E-state index in [0.717, 1.165) is 31.2 Å². The molecule has 0 fully saturated rings. The van der Waals surface area contributed by atoms with Crippen LogP contribution in [0.4, 0.5) is 0 Å². The molecule has 3 atom stereocenters. The number of unbranched alkanes of at least 4 members (excludes halogenated alkanes) is 1. The molecule has 0 radical (unpaired) electrons. The summed E-state index contributed by atoms with van der Waals surface area (Å²) < 4.78 is 0. The third kappa shape index (κ3) is 5.43. The summed E-state index contributed by atoms with van der Waals surface area (Å²) in [7, 11) is 1.81. The normalized spacial score (nSPS) is 14.5. The van der Waals surface area contributed by atoms with Gasteiger partial charge in [-0.15, -0.1) is 0 Å². The number of nitrogens with zero attached hydrogens (tertiary/aromatic N) is 1. The Morgan fingerprint density at radius 3 is 2.19 bits per heavy atom. The summed E-state index contributed by atoms with van der Waals surface area (Å²) in [6, 6.07) is 19.5. The minimum Gasteiger partial charge on any atom is -0.386 e. The van der Waals surface area contributed by atoms with Crippen LogP contribution in [0, 0.1) is 5.92 Å². The average molecular weight is 354 g/mol. The van der Waals surface area contributed by atoms with Crippen molar-refractivity contribution in [3.63, 3.8) is 0 Å². The number of hydrogen-bond donors (Lipinski definition) is 1. The number of benzene rings is 2. The second-order valence-electron chi connectivity index (χ2n) is 7.07. The molecule has 26 heavy (non-hydrogen) atoms. The summed E-state index contributed by atoms with van der Waals surface area (Å²) in [4.78, 5) is 14.9. The molecule has 0 aliphatic heterocycles. The molecule has 0 spiro atoms. The Balaban J connectivity index is 2.09. The van der Waals surface area contributed by atoms with Gasteiger partial charge in [0.25, 0.3) is 0 Å². The SMILES string of the molecule is CCCC[C@@H](Cc1ccccc1)C(=O)N(C)[C@@H](C)[C@@H](O)c1ccccc1. The van der Waals surface area contributed by atoms with Crippen molar-refractivity contribution in [2.45, 2.75) is 51.7 Å². The molecule has 0 saturated carbocycles. The molecule has 0 heterocycles. The minimum absolute atomic E-state index is 0.0484. The van der Waals surface area contributed by atoms with Crippen LogP contribution in [0.2, 0.25) is 0 Å². The van der Waals surface area contributed by atoms with Crippen molar-refractivity contribution >= 4 is 5.91 Å². The molecular weight excluding hydrogens is 322 g/mol. The summed E-state index contributed by atoms with van der Waals surface area (Å²) in [5, 5.41) is 10.7. The lowest BCUT2D eigenvalue weighted by Gasteiger charge is -2.32. The first-order chi connectivity index (χ1) is 12.5. The van der Waals surface area contributed by atoms with Crippen molar-refractivity contribution in [1.29, 1.82) is 0 Å². The van der Waals surface area contributed by atoms with E-state index < -0.39 is 6.10 Å². The molecule has 3 nitrogen and oxygen atoms in total. The van der Waals surface area contributed by atoms with E-state index in [1.807, 2.05) is 62.5 Å². The predicted octanol–water partition coefficient (Wildman–Crippen LogP) is 4.62. The fourth-order valence-electron chi connectivity index (χ4n) is 3.29. The predicted molar refractivity (Wildman–Crippen MR) is 107 cm³/mol. The summed E-state index contributed by atoms with van der Waals surface area (Å²) in [5.41, 5.74) is 2.03. The van der Waals surface area contributed by atoms with E-state index in [0.29, 0.717) is 0 Å². The standard InChI is InChI=1S/C23H31NO2/c1-4-5-14-21(17-19-12-8-6-9-13-19)23(26)24(3)18(2)22(25)20-15-10-7-11-16-20/h6-13,15-16,18,21-22,25H,4-5,14,17H2,1-3H3/t18-,21-,22+/m0/s1. The Labute approximate surface area is 157 Å². The first kappa shape index (κ1) is 20.2. The molecule has 140 valence electrons. The van der Waals surface area contributed by atoms with Gasteiger partial charge in [0.05, 0.1) is 12.1 Å². The number of aliphatic hydroxyl groups is 1. The maximum atomic E-state index is 13.1. The molecule has 2 aromatic rings. The summed E-state index contributed by atoms with van der Waals surface area (Å²) in [6.45, 7) is 4.06. The van der Waals surface area contributed by atoms with Crippen molar-refractivity contribution in [2.75, 3.05) is 7.05 Å². The Morgan fingerprint density at radius 2 is 1.62 bits per heavy atom. The quantitative estimate of drug-likeness (QED) is 0.715. The third-order valence-electron chi connectivity index (χ3n) is 5.14. The second-order valence-corrected chi connectivity index (χ2v) is 7.07. The van der Waals surface area contributed by atoms with E-state index >= 15 is 0 Å². The Kier molecular flexibility index (Phi) is 7.86. The van der Waals surface area contributed by atoms with E-state index in [2.05, 4.69) is 19.1 Å². The number of carbonyl (C=O) groups excluding carboxylic acids is 1. The molecule has 1 N–H and O–H groups in total. The molecule has 2 aromatic carbocycles. The lowest BCUT2D eigenvalue weighted by atomic mass is 9.92. The molecule has 0 unspecified atom stereocenters. The van der Waals surface area contributed by atoms with Gasteiger partial charge in [-0.05, 0) is 30.9 Å². The summed E-state index contributed by atoms with van der Waals surface area (Å²) >= 11 is 0. The van der Waals surface area contributed by atoms with Crippen LogP contribution in [0.25, 0.3) is 0 Å². The van der Waals surface area contributed by atoms with Crippen molar-refractivity contribution in [2.24, 2.45) is 5.92 Å². The zero-order valence-electron chi connectivity index (χ0n) is 16.1. The fraction of sp³-hybridized carbons (Fsp3) is 0.435. The van der Waals surface area contributed by atoms with Gasteiger partial charge in [-0.1, -0.05) is 80.4 Å². The molecule has 0 saturated heterocycles. The Morgan fingerprint density at radius 1 is 1.04 bits per heavy atom. The average Bonchev–Trinajstić information content (AvgIpc) is 2.70. The van der Waals surface area contributed by atoms with E-state index in [1.165, 1.54) is 5.56 Å². The Hall–Kier alpha value is -2.13. The van der Waals surface area contributed by atoms with Gasteiger partial charge in [0.2, 0.25) is 5.91 Å². The number of aliphatic hydroxyl groups excluding tert-OH is 1. The van der Waals surface area contributed by atoms with Crippen LogP contribution in [-0.4, -0.2) is 29.0 Å². The smallest absolute Gasteiger partial charge is 0.226 e. The number of hydrogen-bond acceptors (Lipinski definition) is 2. The molecule has 2 rings (SSSR count). The van der Waals surface area contributed by atoms with E-state index in [1.54, 1.807) is 4.90 Å². The third-order valence-corrected chi connectivity index (χ3v) is 5.14. The molecular formula is C23H31NO2.